The van der Waals surface area contributed by atoms with Crippen LogP contribution < -0.4 is 0 Å². The summed E-state index contributed by atoms with van der Waals surface area (Å²) >= 11 is 3.28. The zero-order chi connectivity index (χ0) is 5.82. The lowest BCUT2D eigenvalue weighted by Crippen LogP contribution is -1.80. The number of rotatable bonds is 1. The number of aromatic nitrogens is 2. The molecule has 0 radical (unpaired) electrons. The molecule has 50 valence electrons. The molecule has 1 aromatic heterocycles. The van der Waals surface area contributed by atoms with Crippen molar-refractivity contribution in [2.75, 3.05) is 0 Å². The van der Waals surface area contributed by atoms with Crippen molar-refractivity contribution in [3.05, 3.63) is 24.3 Å². The van der Waals surface area contributed by atoms with Crippen LogP contribution in [0.1, 0.15) is 5.56 Å². The topological polar surface area (TPSA) is 25.8 Å². The molecule has 2 nitrogen and oxygen atoms in total. The second-order valence-corrected chi connectivity index (χ2v) is 1.94. The molecule has 0 aromatic carbocycles. The van der Waals surface area contributed by atoms with E-state index < -0.39 is 0 Å². The molecule has 1 heterocycles. The van der Waals surface area contributed by atoms with Crippen LogP contribution >= 0.6 is 32.9 Å². The number of hydrogen-bond donors (Lipinski definition) is 0. The van der Waals surface area contributed by atoms with Gasteiger partial charge in [-0.1, -0.05) is 15.9 Å². The SMILES string of the molecule is Br.BrCc1cncnc1. The minimum absolute atomic E-state index is 0. The zero-order valence-electron chi connectivity index (χ0n) is 4.62. The van der Waals surface area contributed by atoms with Gasteiger partial charge in [-0.15, -0.1) is 17.0 Å². The van der Waals surface area contributed by atoms with Crippen molar-refractivity contribution >= 4 is 32.9 Å². The first-order valence-electron chi connectivity index (χ1n) is 2.23. The summed E-state index contributed by atoms with van der Waals surface area (Å²) < 4.78 is 0. The molecule has 0 fully saturated rings. The Morgan fingerprint density at radius 3 is 2.22 bits per heavy atom. The van der Waals surface area contributed by atoms with Crippen molar-refractivity contribution < 1.29 is 0 Å². The largest absolute Gasteiger partial charge is 0.245 e. The summed E-state index contributed by atoms with van der Waals surface area (Å²) in [6.45, 7) is 0. The van der Waals surface area contributed by atoms with Gasteiger partial charge in [0.15, 0.2) is 0 Å². The minimum atomic E-state index is 0. The summed E-state index contributed by atoms with van der Waals surface area (Å²) in [5.41, 5.74) is 1.10. The van der Waals surface area contributed by atoms with Crippen molar-refractivity contribution in [3.8, 4) is 0 Å². The van der Waals surface area contributed by atoms with E-state index in [1.807, 2.05) is 0 Å². The molecule has 1 aromatic rings. The van der Waals surface area contributed by atoms with Gasteiger partial charge in [-0.3, -0.25) is 0 Å². The number of hydrogen-bond acceptors (Lipinski definition) is 2. The lowest BCUT2D eigenvalue weighted by molar-refractivity contribution is 1.12. The van der Waals surface area contributed by atoms with E-state index >= 15 is 0 Å². The summed E-state index contributed by atoms with van der Waals surface area (Å²) in [5, 5.41) is 0.827. The van der Waals surface area contributed by atoms with Crippen LogP contribution in [-0.2, 0) is 5.33 Å². The fourth-order valence-corrected chi connectivity index (χ4v) is 0.689. The van der Waals surface area contributed by atoms with Gasteiger partial charge in [-0.05, 0) is 5.56 Å². The molecule has 0 aliphatic rings. The van der Waals surface area contributed by atoms with Crippen molar-refractivity contribution in [3.63, 3.8) is 0 Å². The third-order valence-corrected chi connectivity index (χ3v) is 1.42. The Balaban J connectivity index is 0.000000640. The fraction of sp³-hybridized carbons (Fsp3) is 0.200. The summed E-state index contributed by atoms with van der Waals surface area (Å²) in [6, 6.07) is 0. The van der Waals surface area contributed by atoms with Crippen LogP contribution in [0.4, 0.5) is 0 Å². The quantitative estimate of drug-likeness (QED) is 0.715. The molecule has 0 spiro atoms. The highest BCUT2D eigenvalue weighted by Crippen LogP contribution is 1.98. The van der Waals surface area contributed by atoms with Gasteiger partial charge in [0.05, 0.1) is 0 Å². The van der Waals surface area contributed by atoms with Gasteiger partial charge in [0.25, 0.3) is 0 Å². The molecule has 4 heteroatoms. The van der Waals surface area contributed by atoms with Crippen molar-refractivity contribution in [2.24, 2.45) is 0 Å². The monoisotopic (exact) mass is 252 g/mol. The third-order valence-electron chi connectivity index (χ3n) is 0.768. The van der Waals surface area contributed by atoms with Gasteiger partial charge in [0.2, 0.25) is 0 Å². The number of nitrogens with zero attached hydrogens (tertiary/aromatic N) is 2. The van der Waals surface area contributed by atoms with Crippen molar-refractivity contribution in [2.45, 2.75) is 5.33 Å². The molecule has 0 aliphatic carbocycles. The highest BCUT2D eigenvalue weighted by atomic mass is 79.9. The van der Waals surface area contributed by atoms with E-state index in [0.717, 1.165) is 10.9 Å². The van der Waals surface area contributed by atoms with E-state index in [-0.39, 0.29) is 17.0 Å². The maximum Gasteiger partial charge on any atom is 0.115 e. The molecule has 0 bridgehead atoms. The van der Waals surface area contributed by atoms with E-state index in [2.05, 4.69) is 25.9 Å². The van der Waals surface area contributed by atoms with Crippen LogP contribution in [0.2, 0.25) is 0 Å². The molecule has 0 saturated heterocycles. The molecule has 9 heavy (non-hydrogen) atoms. The number of alkyl halides is 1. The van der Waals surface area contributed by atoms with Crippen molar-refractivity contribution in [1.29, 1.82) is 0 Å². The summed E-state index contributed by atoms with van der Waals surface area (Å²) in [5.74, 6) is 0. The van der Waals surface area contributed by atoms with Crippen LogP contribution in [0.25, 0.3) is 0 Å². The van der Waals surface area contributed by atoms with Crippen LogP contribution in [0.15, 0.2) is 18.7 Å². The molecule has 0 aliphatic heterocycles. The molecular formula is C5H6Br2N2. The molecular weight excluding hydrogens is 248 g/mol. The van der Waals surface area contributed by atoms with Crippen LogP contribution in [0, 0.1) is 0 Å². The third kappa shape index (κ3) is 2.91. The predicted octanol–water partition coefficient (Wildman–Crippen LogP) is 1.95. The molecule has 0 unspecified atom stereocenters. The highest BCUT2D eigenvalue weighted by molar-refractivity contribution is 9.08. The fourth-order valence-electron chi connectivity index (χ4n) is 0.399. The van der Waals surface area contributed by atoms with Crippen molar-refractivity contribution in [1.82, 2.24) is 9.97 Å². The van der Waals surface area contributed by atoms with Crippen LogP contribution in [0.5, 0.6) is 0 Å². The second kappa shape index (κ2) is 4.88. The lowest BCUT2D eigenvalue weighted by Gasteiger charge is -1.86. The summed E-state index contributed by atoms with van der Waals surface area (Å²) in [4.78, 5) is 7.63. The molecule has 1 rings (SSSR count). The number of halogens is 2. The average molecular weight is 254 g/mol. The van der Waals surface area contributed by atoms with E-state index in [1.165, 1.54) is 6.33 Å². The van der Waals surface area contributed by atoms with Gasteiger partial charge in [-0.25, -0.2) is 9.97 Å². The normalized spacial score (nSPS) is 8.11. The Morgan fingerprint density at radius 1 is 1.33 bits per heavy atom. The Morgan fingerprint density at radius 2 is 1.89 bits per heavy atom. The van der Waals surface area contributed by atoms with Gasteiger partial charge in [0, 0.05) is 17.7 Å². The Kier molecular flexibility index (Phi) is 4.90. The van der Waals surface area contributed by atoms with E-state index in [1.54, 1.807) is 12.4 Å². The predicted molar refractivity (Wildman–Crippen MR) is 45.0 cm³/mol. The maximum atomic E-state index is 3.81. The maximum absolute atomic E-state index is 3.81. The summed E-state index contributed by atoms with van der Waals surface area (Å²) in [6.07, 6.45) is 5.08. The summed E-state index contributed by atoms with van der Waals surface area (Å²) in [7, 11) is 0. The first-order chi connectivity index (χ1) is 3.93. The first-order valence-corrected chi connectivity index (χ1v) is 3.35. The minimum Gasteiger partial charge on any atom is -0.245 e. The molecule has 0 amide bonds. The molecule has 0 N–H and O–H groups in total. The van der Waals surface area contributed by atoms with E-state index in [4.69, 9.17) is 0 Å². The highest BCUT2D eigenvalue weighted by Gasteiger charge is 1.83. The van der Waals surface area contributed by atoms with E-state index in [9.17, 15) is 0 Å². The Bertz CT molecular complexity index is 154. The van der Waals surface area contributed by atoms with Gasteiger partial charge in [-0.2, -0.15) is 0 Å². The smallest absolute Gasteiger partial charge is 0.115 e. The lowest BCUT2D eigenvalue weighted by atomic mass is 10.4. The first kappa shape index (κ1) is 9.04. The van der Waals surface area contributed by atoms with Crippen LogP contribution in [-0.4, -0.2) is 9.97 Å². The average Bonchev–Trinajstić information content (AvgIpc) is 1.90. The van der Waals surface area contributed by atoms with Gasteiger partial charge < -0.3 is 0 Å². The van der Waals surface area contributed by atoms with Crippen LogP contribution in [0.3, 0.4) is 0 Å². The second-order valence-electron chi connectivity index (χ2n) is 1.38. The standard InChI is InChI=1S/C5H5BrN2.BrH/c6-1-5-2-7-4-8-3-5;/h2-4H,1H2;1H. The van der Waals surface area contributed by atoms with Gasteiger partial charge >= 0.3 is 0 Å². The van der Waals surface area contributed by atoms with E-state index in [0.29, 0.717) is 0 Å². The molecule has 0 atom stereocenters. The molecule has 0 saturated carbocycles. The van der Waals surface area contributed by atoms with Gasteiger partial charge in [0.1, 0.15) is 6.33 Å². The Hall–Kier alpha value is 0.0400. The Labute approximate surface area is 72.6 Å². The zero-order valence-corrected chi connectivity index (χ0v) is 7.92.